The van der Waals surface area contributed by atoms with E-state index in [9.17, 15) is 0 Å². The van der Waals surface area contributed by atoms with Crippen LogP contribution in [0.1, 0.15) is 5.56 Å². The summed E-state index contributed by atoms with van der Waals surface area (Å²) in [7, 11) is 3.27. The Kier molecular flexibility index (Phi) is 3.81. The molecule has 0 aliphatic rings. The lowest BCUT2D eigenvalue weighted by Gasteiger charge is -2.13. The van der Waals surface area contributed by atoms with Gasteiger partial charge in [0.2, 0.25) is 0 Å². The van der Waals surface area contributed by atoms with Crippen molar-refractivity contribution >= 4 is 15.9 Å². The molecular formula is C13H13BrN2O2. The van der Waals surface area contributed by atoms with Crippen molar-refractivity contribution in [1.82, 2.24) is 9.97 Å². The third kappa shape index (κ3) is 2.46. The van der Waals surface area contributed by atoms with E-state index in [0.717, 1.165) is 28.3 Å². The number of halogens is 1. The Labute approximate surface area is 114 Å². The quantitative estimate of drug-likeness (QED) is 0.817. The Morgan fingerprint density at radius 3 is 2.56 bits per heavy atom. The minimum Gasteiger partial charge on any atom is -0.497 e. The molecule has 0 bridgehead atoms. The fourth-order valence-corrected chi connectivity index (χ4v) is 2.11. The largest absolute Gasteiger partial charge is 0.497 e. The van der Waals surface area contributed by atoms with Crippen LogP contribution in [0.15, 0.2) is 29.1 Å². The molecule has 1 aromatic carbocycles. The molecule has 0 N–H and O–H groups in total. The third-order valence-corrected chi connectivity index (χ3v) is 2.99. The fraction of sp³-hybridized carbons (Fsp3) is 0.231. The molecule has 2 rings (SSSR count). The average molecular weight is 309 g/mol. The summed E-state index contributed by atoms with van der Waals surface area (Å²) in [5.74, 6) is 1.50. The van der Waals surface area contributed by atoms with Crippen LogP contribution in [0.2, 0.25) is 0 Å². The first kappa shape index (κ1) is 12.8. The summed E-state index contributed by atoms with van der Waals surface area (Å²) in [6.07, 6.45) is 1.70. The lowest BCUT2D eigenvalue weighted by Crippen LogP contribution is -1.96. The molecule has 2 aromatic rings. The molecule has 18 heavy (non-hydrogen) atoms. The minimum absolute atomic E-state index is 0.553. The van der Waals surface area contributed by atoms with Crippen molar-refractivity contribution in [2.75, 3.05) is 14.2 Å². The van der Waals surface area contributed by atoms with Crippen molar-refractivity contribution in [1.29, 1.82) is 0 Å². The van der Waals surface area contributed by atoms with E-state index in [1.165, 1.54) is 0 Å². The van der Waals surface area contributed by atoms with Gasteiger partial charge < -0.3 is 9.47 Å². The molecule has 0 spiro atoms. The van der Waals surface area contributed by atoms with E-state index in [1.54, 1.807) is 20.4 Å². The second-order valence-electron chi connectivity index (χ2n) is 3.73. The first-order valence-electron chi connectivity index (χ1n) is 5.37. The average Bonchev–Trinajstić information content (AvgIpc) is 2.37. The van der Waals surface area contributed by atoms with Crippen molar-refractivity contribution in [2.24, 2.45) is 0 Å². The zero-order valence-electron chi connectivity index (χ0n) is 10.4. The molecule has 0 saturated carbocycles. The highest BCUT2D eigenvalue weighted by molar-refractivity contribution is 9.10. The summed E-state index contributed by atoms with van der Waals surface area (Å²) in [5.41, 5.74) is 2.80. The molecule has 0 unspecified atom stereocenters. The summed E-state index contributed by atoms with van der Waals surface area (Å²) in [6.45, 7) is 2.00. The van der Waals surface area contributed by atoms with Gasteiger partial charge in [0.25, 0.3) is 0 Å². The van der Waals surface area contributed by atoms with Gasteiger partial charge >= 0.3 is 0 Å². The van der Waals surface area contributed by atoms with Crippen LogP contribution in [0.25, 0.3) is 11.3 Å². The highest BCUT2D eigenvalue weighted by Crippen LogP contribution is 2.35. The predicted molar refractivity (Wildman–Crippen MR) is 73.0 cm³/mol. The van der Waals surface area contributed by atoms with Crippen molar-refractivity contribution in [3.63, 3.8) is 0 Å². The molecule has 0 saturated heterocycles. The lowest BCUT2D eigenvalue weighted by atomic mass is 10.0. The Balaban J connectivity index is 2.63. The number of rotatable bonds is 3. The molecule has 0 aliphatic heterocycles. The van der Waals surface area contributed by atoms with Crippen LogP contribution in [0, 0.1) is 6.92 Å². The summed E-state index contributed by atoms with van der Waals surface area (Å²) in [6, 6.07) is 5.65. The topological polar surface area (TPSA) is 44.2 Å². The van der Waals surface area contributed by atoms with E-state index in [-0.39, 0.29) is 0 Å². The van der Waals surface area contributed by atoms with Crippen LogP contribution >= 0.6 is 15.9 Å². The van der Waals surface area contributed by atoms with E-state index < -0.39 is 0 Å². The maximum Gasteiger partial charge on any atom is 0.197 e. The van der Waals surface area contributed by atoms with E-state index in [2.05, 4.69) is 25.9 Å². The van der Waals surface area contributed by atoms with Crippen molar-refractivity contribution in [2.45, 2.75) is 6.92 Å². The number of aryl methyl sites for hydroxylation is 1. The molecule has 5 heteroatoms. The molecule has 0 amide bonds. The standard InChI is InChI=1S/C13H13BrN2O2/c1-8-6-9(17-2)7-11(18-3)12(8)10-4-5-15-13(14)16-10/h4-7H,1-3H3. The van der Waals surface area contributed by atoms with Gasteiger partial charge in [-0.3, -0.25) is 0 Å². The molecule has 0 radical (unpaired) electrons. The first-order chi connectivity index (χ1) is 8.65. The van der Waals surface area contributed by atoms with E-state index in [1.807, 2.05) is 25.1 Å². The van der Waals surface area contributed by atoms with Crippen LogP contribution in [0.4, 0.5) is 0 Å². The number of nitrogens with zero attached hydrogens (tertiary/aromatic N) is 2. The number of aromatic nitrogens is 2. The smallest absolute Gasteiger partial charge is 0.197 e. The second kappa shape index (κ2) is 5.35. The number of hydrogen-bond donors (Lipinski definition) is 0. The van der Waals surface area contributed by atoms with Gasteiger partial charge in [-0.15, -0.1) is 0 Å². The van der Waals surface area contributed by atoms with Gasteiger partial charge in [-0.25, -0.2) is 9.97 Å². The van der Waals surface area contributed by atoms with Crippen LogP contribution in [0.5, 0.6) is 11.5 Å². The molecule has 1 aromatic heterocycles. The Hall–Kier alpha value is -1.62. The molecule has 1 heterocycles. The third-order valence-electron chi connectivity index (χ3n) is 2.61. The van der Waals surface area contributed by atoms with Crippen LogP contribution in [-0.4, -0.2) is 24.2 Å². The Morgan fingerprint density at radius 2 is 1.94 bits per heavy atom. The summed E-state index contributed by atoms with van der Waals surface area (Å²) in [5, 5.41) is 0. The van der Waals surface area contributed by atoms with E-state index in [4.69, 9.17) is 9.47 Å². The highest BCUT2D eigenvalue weighted by atomic mass is 79.9. The zero-order valence-corrected chi connectivity index (χ0v) is 12.0. The molecule has 0 fully saturated rings. The summed E-state index contributed by atoms with van der Waals surface area (Å²) < 4.78 is 11.2. The molecular weight excluding hydrogens is 296 g/mol. The summed E-state index contributed by atoms with van der Waals surface area (Å²) >= 11 is 3.27. The molecule has 0 atom stereocenters. The van der Waals surface area contributed by atoms with Crippen LogP contribution < -0.4 is 9.47 Å². The number of methoxy groups -OCH3 is 2. The maximum absolute atomic E-state index is 5.41. The van der Waals surface area contributed by atoms with Crippen LogP contribution in [-0.2, 0) is 0 Å². The molecule has 0 aliphatic carbocycles. The van der Waals surface area contributed by atoms with Gasteiger partial charge in [-0.05, 0) is 40.5 Å². The van der Waals surface area contributed by atoms with E-state index in [0.29, 0.717) is 4.73 Å². The second-order valence-corrected chi connectivity index (χ2v) is 4.44. The molecule has 94 valence electrons. The zero-order chi connectivity index (χ0) is 13.1. The van der Waals surface area contributed by atoms with Gasteiger partial charge in [0.1, 0.15) is 11.5 Å². The normalized spacial score (nSPS) is 10.2. The minimum atomic E-state index is 0.553. The predicted octanol–water partition coefficient (Wildman–Crippen LogP) is 3.23. The Bertz CT molecular complexity index is 573. The Morgan fingerprint density at radius 1 is 1.17 bits per heavy atom. The number of hydrogen-bond acceptors (Lipinski definition) is 4. The highest BCUT2D eigenvalue weighted by Gasteiger charge is 2.13. The first-order valence-corrected chi connectivity index (χ1v) is 6.16. The van der Waals surface area contributed by atoms with Gasteiger partial charge in [0.05, 0.1) is 19.9 Å². The monoisotopic (exact) mass is 308 g/mol. The number of benzene rings is 1. The maximum atomic E-state index is 5.41. The fourth-order valence-electron chi connectivity index (χ4n) is 1.80. The SMILES string of the molecule is COc1cc(C)c(-c2ccnc(Br)n2)c(OC)c1. The van der Waals surface area contributed by atoms with Crippen LogP contribution in [0.3, 0.4) is 0 Å². The van der Waals surface area contributed by atoms with Gasteiger partial charge in [0, 0.05) is 17.8 Å². The molecule has 4 nitrogen and oxygen atoms in total. The lowest BCUT2D eigenvalue weighted by molar-refractivity contribution is 0.395. The van der Waals surface area contributed by atoms with Gasteiger partial charge in [-0.2, -0.15) is 0 Å². The van der Waals surface area contributed by atoms with Gasteiger partial charge in [-0.1, -0.05) is 0 Å². The summed E-state index contributed by atoms with van der Waals surface area (Å²) in [4.78, 5) is 8.38. The van der Waals surface area contributed by atoms with Crippen molar-refractivity contribution in [3.8, 4) is 22.8 Å². The van der Waals surface area contributed by atoms with Gasteiger partial charge in [0.15, 0.2) is 4.73 Å². The van der Waals surface area contributed by atoms with Crippen molar-refractivity contribution < 1.29 is 9.47 Å². The van der Waals surface area contributed by atoms with E-state index >= 15 is 0 Å². The number of ether oxygens (including phenoxy) is 2. The van der Waals surface area contributed by atoms with Crippen molar-refractivity contribution in [3.05, 3.63) is 34.7 Å².